The number of rotatable bonds is 4. The second kappa shape index (κ2) is 6.41. The molecule has 0 spiro atoms. The summed E-state index contributed by atoms with van der Waals surface area (Å²) in [6, 6.07) is 0.293. The predicted molar refractivity (Wildman–Crippen MR) is 91.5 cm³/mol. The van der Waals surface area contributed by atoms with Crippen molar-refractivity contribution >= 4 is 11.3 Å². The van der Waals surface area contributed by atoms with E-state index in [4.69, 9.17) is 9.51 Å². The molecule has 0 bridgehead atoms. The van der Waals surface area contributed by atoms with Gasteiger partial charge in [0.05, 0.1) is 47.6 Å². The second-order valence-corrected chi connectivity index (χ2v) is 7.06. The van der Waals surface area contributed by atoms with Gasteiger partial charge in [-0.25, -0.2) is 9.97 Å². The smallest absolute Gasteiger partial charge is 0.143 e. The van der Waals surface area contributed by atoms with Crippen molar-refractivity contribution in [3.05, 3.63) is 46.1 Å². The van der Waals surface area contributed by atoms with E-state index in [1.807, 2.05) is 31.6 Å². The lowest BCUT2D eigenvalue weighted by Gasteiger charge is -2.23. The highest BCUT2D eigenvalue weighted by Crippen LogP contribution is 2.33. The quantitative estimate of drug-likeness (QED) is 0.723. The Balaban J connectivity index is 1.63. The molecule has 0 N–H and O–H groups in total. The van der Waals surface area contributed by atoms with Crippen molar-refractivity contribution < 1.29 is 4.52 Å². The van der Waals surface area contributed by atoms with E-state index < -0.39 is 0 Å². The first-order chi connectivity index (χ1) is 11.7. The SMILES string of the molecule is Cc1noc(C)c1-c1cncc(C2CCCN2Cc2nccs2)n1. The van der Waals surface area contributed by atoms with Crippen LogP contribution in [0.1, 0.15) is 41.0 Å². The molecule has 0 radical (unpaired) electrons. The molecule has 1 aliphatic rings. The van der Waals surface area contributed by atoms with Crippen molar-refractivity contribution in [1.82, 2.24) is 25.0 Å². The van der Waals surface area contributed by atoms with Gasteiger partial charge in [0, 0.05) is 11.6 Å². The molecule has 0 aliphatic carbocycles. The van der Waals surface area contributed by atoms with Crippen molar-refractivity contribution in [3.63, 3.8) is 0 Å². The van der Waals surface area contributed by atoms with Crippen LogP contribution in [0.4, 0.5) is 0 Å². The molecule has 7 heteroatoms. The van der Waals surface area contributed by atoms with E-state index in [-0.39, 0.29) is 0 Å². The minimum absolute atomic E-state index is 0.293. The van der Waals surface area contributed by atoms with Gasteiger partial charge in [-0.3, -0.25) is 9.88 Å². The molecule has 4 rings (SSSR count). The van der Waals surface area contributed by atoms with Crippen LogP contribution in [-0.2, 0) is 6.54 Å². The van der Waals surface area contributed by atoms with Crippen LogP contribution in [0.3, 0.4) is 0 Å². The number of aromatic nitrogens is 4. The fraction of sp³-hybridized carbons (Fsp3) is 0.412. The first-order valence-corrected chi connectivity index (χ1v) is 8.98. The lowest BCUT2D eigenvalue weighted by molar-refractivity contribution is 0.244. The standard InChI is InChI=1S/C17H19N5OS/c1-11-17(12(2)23-21-11)14-9-18-8-13(20-14)15-4-3-6-22(15)10-16-19-5-7-24-16/h5,7-9,15H,3-4,6,10H2,1-2H3. The zero-order chi connectivity index (χ0) is 16.5. The van der Waals surface area contributed by atoms with Crippen molar-refractivity contribution in [2.75, 3.05) is 6.54 Å². The van der Waals surface area contributed by atoms with Crippen LogP contribution < -0.4 is 0 Å². The van der Waals surface area contributed by atoms with Gasteiger partial charge in [-0.05, 0) is 33.2 Å². The van der Waals surface area contributed by atoms with E-state index in [0.29, 0.717) is 6.04 Å². The minimum atomic E-state index is 0.293. The Labute approximate surface area is 144 Å². The molecule has 0 saturated carbocycles. The first kappa shape index (κ1) is 15.4. The highest BCUT2D eigenvalue weighted by atomic mass is 32.1. The average molecular weight is 341 g/mol. The van der Waals surface area contributed by atoms with Crippen molar-refractivity contribution in [2.24, 2.45) is 0 Å². The fourth-order valence-electron chi connectivity index (χ4n) is 3.37. The second-order valence-electron chi connectivity index (χ2n) is 6.08. The Morgan fingerprint density at radius 2 is 2.25 bits per heavy atom. The van der Waals surface area contributed by atoms with E-state index in [1.54, 1.807) is 17.5 Å². The minimum Gasteiger partial charge on any atom is -0.361 e. The largest absolute Gasteiger partial charge is 0.361 e. The Bertz CT molecular complexity index is 810. The van der Waals surface area contributed by atoms with Gasteiger partial charge in [-0.2, -0.15) is 0 Å². The third-order valence-electron chi connectivity index (χ3n) is 4.47. The summed E-state index contributed by atoms with van der Waals surface area (Å²) in [4.78, 5) is 16.2. The van der Waals surface area contributed by atoms with Gasteiger partial charge in [0.25, 0.3) is 0 Å². The fourth-order valence-corrected chi connectivity index (χ4v) is 4.01. The number of likely N-dealkylation sites (tertiary alicyclic amines) is 1. The maximum atomic E-state index is 5.27. The van der Waals surface area contributed by atoms with Crippen LogP contribution in [0.5, 0.6) is 0 Å². The number of hydrogen-bond donors (Lipinski definition) is 0. The topological polar surface area (TPSA) is 67.9 Å². The highest BCUT2D eigenvalue weighted by molar-refractivity contribution is 7.09. The van der Waals surface area contributed by atoms with Crippen LogP contribution in [0, 0.1) is 13.8 Å². The zero-order valence-electron chi connectivity index (χ0n) is 13.8. The Morgan fingerprint density at radius 1 is 1.33 bits per heavy atom. The summed E-state index contributed by atoms with van der Waals surface area (Å²) in [5.74, 6) is 0.782. The highest BCUT2D eigenvalue weighted by Gasteiger charge is 2.28. The summed E-state index contributed by atoms with van der Waals surface area (Å²) in [5, 5.41) is 7.20. The van der Waals surface area contributed by atoms with Crippen LogP contribution in [0.15, 0.2) is 28.5 Å². The van der Waals surface area contributed by atoms with Gasteiger partial charge in [-0.15, -0.1) is 11.3 Å². The summed E-state index contributed by atoms with van der Waals surface area (Å²) in [6.07, 6.45) is 7.81. The van der Waals surface area contributed by atoms with Gasteiger partial charge in [0.1, 0.15) is 10.8 Å². The molecule has 1 fully saturated rings. The zero-order valence-corrected chi connectivity index (χ0v) is 14.6. The van der Waals surface area contributed by atoms with Gasteiger partial charge in [-0.1, -0.05) is 5.16 Å². The molecule has 4 heterocycles. The molecule has 1 aliphatic heterocycles. The molecule has 0 amide bonds. The number of hydrogen-bond acceptors (Lipinski definition) is 7. The van der Waals surface area contributed by atoms with Gasteiger partial charge in [0.2, 0.25) is 0 Å². The third-order valence-corrected chi connectivity index (χ3v) is 5.23. The van der Waals surface area contributed by atoms with Crippen LogP contribution in [0.25, 0.3) is 11.3 Å². The summed E-state index contributed by atoms with van der Waals surface area (Å²) in [5.41, 5.74) is 3.66. The van der Waals surface area contributed by atoms with Crippen molar-refractivity contribution in [1.29, 1.82) is 0 Å². The van der Waals surface area contributed by atoms with Gasteiger partial charge in [0.15, 0.2) is 0 Å². The average Bonchev–Trinajstić information content (AvgIpc) is 3.31. The summed E-state index contributed by atoms with van der Waals surface area (Å²) < 4.78 is 5.27. The molecule has 3 aromatic heterocycles. The molecule has 1 saturated heterocycles. The van der Waals surface area contributed by atoms with Crippen LogP contribution in [-0.4, -0.2) is 31.6 Å². The first-order valence-electron chi connectivity index (χ1n) is 8.10. The Hall–Kier alpha value is -2.12. The maximum Gasteiger partial charge on any atom is 0.143 e. The maximum absolute atomic E-state index is 5.27. The monoisotopic (exact) mass is 341 g/mol. The molecule has 6 nitrogen and oxygen atoms in total. The van der Waals surface area contributed by atoms with E-state index in [2.05, 4.69) is 20.0 Å². The summed E-state index contributed by atoms with van der Waals surface area (Å²) >= 11 is 1.70. The van der Waals surface area contributed by atoms with Gasteiger partial charge < -0.3 is 4.52 Å². The molecule has 1 unspecified atom stereocenters. The summed E-state index contributed by atoms with van der Waals surface area (Å²) in [6.45, 7) is 5.79. The normalized spacial score (nSPS) is 18.3. The summed E-state index contributed by atoms with van der Waals surface area (Å²) in [7, 11) is 0. The van der Waals surface area contributed by atoms with E-state index in [1.165, 1.54) is 6.42 Å². The van der Waals surface area contributed by atoms with Crippen molar-refractivity contribution in [3.8, 4) is 11.3 Å². The number of aryl methyl sites for hydroxylation is 2. The predicted octanol–water partition coefficient (Wildman–Crippen LogP) is 3.54. The Kier molecular flexibility index (Phi) is 4.12. The lowest BCUT2D eigenvalue weighted by atomic mass is 10.1. The van der Waals surface area contributed by atoms with Crippen LogP contribution >= 0.6 is 11.3 Å². The molecule has 24 heavy (non-hydrogen) atoms. The lowest BCUT2D eigenvalue weighted by Crippen LogP contribution is -2.23. The molecule has 3 aromatic rings. The molecule has 1 atom stereocenters. The number of thiazole rings is 1. The Morgan fingerprint density at radius 3 is 3.00 bits per heavy atom. The van der Waals surface area contributed by atoms with E-state index in [0.717, 1.165) is 52.9 Å². The van der Waals surface area contributed by atoms with E-state index in [9.17, 15) is 0 Å². The molecular formula is C17H19N5OS. The molecule has 0 aromatic carbocycles. The molecular weight excluding hydrogens is 322 g/mol. The van der Waals surface area contributed by atoms with Crippen molar-refractivity contribution in [2.45, 2.75) is 39.3 Å². The molecule has 124 valence electrons. The van der Waals surface area contributed by atoms with Crippen LogP contribution in [0.2, 0.25) is 0 Å². The van der Waals surface area contributed by atoms with E-state index >= 15 is 0 Å². The number of nitrogens with zero attached hydrogens (tertiary/aromatic N) is 5. The van der Waals surface area contributed by atoms with Gasteiger partial charge >= 0.3 is 0 Å². The third kappa shape index (κ3) is 2.85.